The van der Waals surface area contributed by atoms with Crippen LogP contribution in [0.15, 0.2) is 30.5 Å². The molecule has 2 aromatic rings. The summed E-state index contributed by atoms with van der Waals surface area (Å²) in [5.41, 5.74) is 13.3. The first-order valence-corrected chi connectivity index (χ1v) is 6.48. The highest BCUT2D eigenvalue weighted by Gasteiger charge is 2.06. The molecule has 0 spiro atoms. The lowest BCUT2D eigenvalue weighted by molar-refractivity contribution is 0.0526. The fourth-order valence-electron chi connectivity index (χ4n) is 1.71. The molecule has 0 atom stereocenters. The molecule has 0 unspecified atom stereocenters. The minimum Gasteiger partial charge on any atom is -0.462 e. The third kappa shape index (κ3) is 3.82. The molecule has 0 radical (unpaired) electrons. The summed E-state index contributed by atoms with van der Waals surface area (Å²) in [5, 5.41) is 3.17. The number of nitrogens with zero attached hydrogens (tertiary/aromatic N) is 2. The highest BCUT2D eigenvalue weighted by Crippen LogP contribution is 2.14. The molecule has 0 saturated heterocycles. The van der Waals surface area contributed by atoms with Gasteiger partial charge in [-0.15, -0.1) is 0 Å². The number of hydrogen-bond donors (Lipinski definition) is 3. The van der Waals surface area contributed by atoms with Crippen LogP contribution < -0.4 is 16.8 Å². The summed E-state index contributed by atoms with van der Waals surface area (Å²) in [6.45, 7) is 2.59. The minimum absolute atomic E-state index is 0.148. The molecular weight excluding hydrogens is 270 g/mol. The summed E-state index contributed by atoms with van der Waals surface area (Å²) in [6, 6.07) is 6.98. The van der Waals surface area contributed by atoms with Gasteiger partial charge in [-0.05, 0) is 31.2 Å². The Morgan fingerprint density at radius 3 is 2.62 bits per heavy atom. The molecule has 1 aromatic carbocycles. The van der Waals surface area contributed by atoms with Crippen molar-refractivity contribution in [3.8, 4) is 0 Å². The number of nitrogen functional groups attached to an aromatic ring is 2. The lowest BCUT2D eigenvalue weighted by Gasteiger charge is -2.09. The van der Waals surface area contributed by atoms with Crippen LogP contribution in [0.5, 0.6) is 0 Å². The third-order valence-electron chi connectivity index (χ3n) is 2.80. The number of anilines is 3. The van der Waals surface area contributed by atoms with Crippen molar-refractivity contribution in [3.05, 3.63) is 41.6 Å². The number of carbonyl (C=O) groups excluding carboxylic acids is 1. The van der Waals surface area contributed by atoms with Crippen molar-refractivity contribution in [2.75, 3.05) is 23.4 Å². The molecule has 0 aliphatic heterocycles. The lowest BCUT2D eigenvalue weighted by atomic mass is 10.2. The Labute approximate surface area is 122 Å². The number of nitrogens with one attached hydrogen (secondary N) is 1. The second-order valence-corrected chi connectivity index (χ2v) is 4.29. The second kappa shape index (κ2) is 6.56. The second-order valence-electron chi connectivity index (χ2n) is 4.29. The molecule has 0 fully saturated rings. The van der Waals surface area contributed by atoms with Gasteiger partial charge in [0.05, 0.1) is 12.2 Å². The zero-order valence-electron chi connectivity index (χ0n) is 11.7. The zero-order valence-corrected chi connectivity index (χ0v) is 11.7. The normalized spacial score (nSPS) is 10.1. The quantitative estimate of drug-likeness (QED) is 0.712. The van der Waals surface area contributed by atoms with E-state index >= 15 is 0 Å². The lowest BCUT2D eigenvalue weighted by Crippen LogP contribution is -2.08. The molecular formula is C14H17N5O2. The Morgan fingerprint density at radius 1 is 1.29 bits per heavy atom. The van der Waals surface area contributed by atoms with E-state index in [1.54, 1.807) is 37.4 Å². The Bertz CT molecular complexity index is 628. The van der Waals surface area contributed by atoms with E-state index in [1.807, 2.05) is 0 Å². The number of rotatable bonds is 5. The predicted molar refractivity (Wildman–Crippen MR) is 80.6 cm³/mol. The Balaban J connectivity index is 1.99. The van der Waals surface area contributed by atoms with Gasteiger partial charge in [0.25, 0.3) is 0 Å². The van der Waals surface area contributed by atoms with Gasteiger partial charge in [-0.2, -0.15) is 4.98 Å². The Hall–Kier alpha value is -2.83. The number of hydrogen-bond acceptors (Lipinski definition) is 7. The van der Waals surface area contributed by atoms with Gasteiger partial charge in [0, 0.05) is 24.0 Å². The smallest absolute Gasteiger partial charge is 0.338 e. The van der Waals surface area contributed by atoms with E-state index in [2.05, 4.69) is 15.3 Å². The molecule has 0 amide bonds. The molecule has 7 heteroatoms. The van der Waals surface area contributed by atoms with Gasteiger partial charge in [-0.1, -0.05) is 0 Å². The van der Waals surface area contributed by atoms with Gasteiger partial charge >= 0.3 is 5.97 Å². The predicted octanol–water partition coefficient (Wildman–Crippen LogP) is 1.43. The number of esters is 1. The fraction of sp³-hybridized carbons (Fsp3) is 0.214. The maximum absolute atomic E-state index is 11.5. The Kier molecular flexibility index (Phi) is 4.55. The summed E-state index contributed by atoms with van der Waals surface area (Å²) >= 11 is 0. The number of carbonyl (C=O) groups is 1. The molecule has 2 rings (SSSR count). The van der Waals surface area contributed by atoms with Crippen LogP contribution in [-0.4, -0.2) is 22.5 Å². The standard InChI is InChI=1S/C14H17N5O2/c1-2-21-13(20)9-3-5-11(6-4-9)17-7-10-8-18-14(16)19-12(10)15/h3-6,8,17H,2,7H2,1H3,(H4,15,16,18,19). The molecule has 7 nitrogen and oxygen atoms in total. The topological polar surface area (TPSA) is 116 Å². The fourth-order valence-corrected chi connectivity index (χ4v) is 1.71. The molecule has 0 aliphatic carbocycles. The first-order valence-electron chi connectivity index (χ1n) is 6.48. The van der Waals surface area contributed by atoms with Gasteiger partial charge < -0.3 is 21.5 Å². The van der Waals surface area contributed by atoms with Crippen molar-refractivity contribution in [2.24, 2.45) is 0 Å². The maximum atomic E-state index is 11.5. The SMILES string of the molecule is CCOC(=O)c1ccc(NCc2cnc(N)nc2N)cc1. The average Bonchev–Trinajstić information content (AvgIpc) is 2.47. The van der Waals surface area contributed by atoms with Crippen molar-refractivity contribution in [3.63, 3.8) is 0 Å². The molecule has 5 N–H and O–H groups in total. The van der Waals surface area contributed by atoms with E-state index in [1.165, 1.54) is 0 Å². The summed E-state index contributed by atoms with van der Waals surface area (Å²) in [5.74, 6) is 0.161. The number of aromatic nitrogens is 2. The van der Waals surface area contributed by atoms with E-state index < -0.39 is 0 Å². The van der Waals surface area contributed by atoms with Crippen LogP contribution in [0.2, 0.25) is 0 Å². The van der Waals surface area contributed by atoms with Crippen molar-refractivity contribution in [1.29, 1.82) is 0 Å². The van der Waals surface area contributed by atoms with Gasteiger partial charge in [-0.3, -0.25) is 0 Å². The number of benzene rings is 1. The van der Waals surface area contributed by atoms with E-state index in [0.29, 0.717) is 24.5 Å². The highest BCUT2D eigenvalue weighted by atomic mass is 16.5. The van der Waals surface area contributed by atoms with Crippen LogP contribution in [-0.2, 0) is 11.3 Å². The van der Waals surface area contributed by atoms with Crippen molar-refractivity contribution >= 4 is 23.4 Å². The number of nitrogens with two attached hydrogens (primary N) is 2. The van der Waals surface area contributed by atoms with Gasteiger partial charge in [0.2, 0.25) is 5.95 Å². The van der Waals surface area contributed by atoms with E-state index in [4.69, 9.17) is 16.2 Å². The van der Waals surface area contributed by atoms with E-state index in [-0.39, 0.29) is 11.9 Å². The van der Waals surface area contributed by atoms with Gasteiger partial charge in [-0.25, -0.2) is 9.78 Å². The molecule has 0 saturated carbocycles. The monoisotopic (exact) mass is 287 g/mol. The average molecular weight is 287 g/mol. The maximum Gasteiger partial charge on any atom is 0.338 e. The first kappa shape index (κ1) is 14.6. The highest BCUT2D eigenvalue weighted by molar-refractivity contribution is 5.89. The summed E-state index contributed by atoms with van der Waals surface area (Å²) in [7, 11) is 0. The van der Waals surface area contributed by atoms with Gasteiger partial charge in [0.1, 0.15) is 5.82 Å². The molecule has 1 heterocycles. The molecule has 0 bridgehead atoms. The summed E-state index contributed by atoms with van der Waals surface area (Å²) in [6.07, 6.45) is 1.58. The van der Waals surface area contributed by atoms with E-state index in [9.17, 15) is 4.79 Å². The van der Waals surface area contributed by atoms with Crippen LogP contribution in [0.3, 0.4) is 0 Å². The van der Waals surface area contributed by atoms with E-state index in [0.717, 1.165) is 11.3 Å². The summed E-state index contributed by atoms with van der Waals surface area (Å²) in [4.78, 5) is 19.3. The molecule has 1 aromatic heterocycles. The zero-order chi connectivity index (χ0) is 15.2. The molecule has 110 valence electrons. The van der Waals surface area contributed by atoms with Crippen LogP contribution in [0, 0.1) is 0 Å². The number of ether oxygens (including phenoxy) is 1. The van der Waals surface area contributed by atoms with Crippen LogP contribution in [0.25, 0.3) is 0 Å². The van der Waals surface area contributed by atoms with Crippen LogP contribution in [0.4, 0.5) is 17.5 Å². The molecule has 21 heavy (non-hydrogen) atoms. The van der Waals surface area contributed by atoms with Crippen LogP contribution in [0.1, 0.15) is 22.8 Å². The van der Waals surface area contributed by atoms with Crippen molar-refractivity contribution in [1.82, 2.24) is 9.97 Å². The Morgan fingerprint density at radius 2 is 2.00 bits per heavy atom. The molecule has 0 aliphatic rings. The van der Waals surface area contributed by atoms with Crippen LogP contribution >= 0.6 is 0 Å². The van der Waals surface area contributed by atoms with Gasteiger partial charge in [0.15, 0.2) is 0 Å². The minimum atomic E-state index is -0.333. The summed E-state index contributed by atoms with van der Waals surface area (Å²) < 4.78 is 4.92. The van der Waals surface area contributed by atoms with Crippen molar-refractivity contribution in [2.45, 2.75) is 13.5 Å². The third-order valence-corrected chi connectivity index (χ3v) is 2.80. The first-order chi connectivity index (χ1) is 10.1. The van der Waals surface area contributed by atoms with Crippen molar-refractivity contribution < 1.29 is 9.53 Å². The largest absolute Gasteiger partial charge is 0.462 e.